The second-order valence-corrected chi connectivity index (χ2v) is 5.43. The van der Waals surface area contributed by atoms with Gasteiger partial charge in [-0.3, -0.25) is 0 Å². The minimum atomic E-state index is 0.796. The van der Waals surface area contributed by atoms with E-state index in [1.165, 1.54) is 5.56 Å². The monoisotopic (exact) mass is 284 g/mol. The van der Waals surface area contributed by atoms with Crippen LogP contribution < -0.4 is 0 Å². The van der Waals surface area contributed by atoms with Gasteiger partial charge in [0.15, 0.2) is 5.82 Å². The van der Waals surface area contributed by atoms with Crippen LogP contribution in [0.25, 0.3) is 28.7 Å². The van der Waals surface area contributed by atoms with E-state index in [2.05, 4.69) is 48.6 Å². The molecular formula is C20H16N2. The summed E-state index contributed by atoms with van der Waals surface area (Å²) in [6.07, 6.45) is 6.38. The Balaban J connectivity index is 1.95. The van der Waals surface area contributed by atoms with Crippen LogP contribution in [-0.2, 0) is 6.42 Å². The van der Waals surface area contributed by atoms with Gasteiger partial charge in [-0.2, -0.15) is 0 Å². The van der Waals surface area contributed by atoms with Crippen LogP contribution in [0.3, 0.4) is 0 Å². The van der Waals surface area contributed by atoms with Crippen molar-refractivity contribution in [3.05, 3.63) is 78.0 Å². The molecule has 2 heteroatoms. The Labute approximate surface area is 130 Å². The van der Waals surface area contributed by atoms with E-state index in [-0.39, 0.29) is 0 Å². The molecular weight excluding hydrogens is 268 g/mol. The summed E-state index contributed by atoms with van der Waals surface area (Å²) in [5, 5.41) is 0. The van der Waals surface area contributed by atoms with E-state index in [0.717, 1.165) is 41.2 Å². The number of benzene rings is 2. The average Bonchev–Trinajstić information content (AvgIpc) is 2.62. The van der Waals surface area contributed by atoms with Crippen molar-refractivity contribution in [2.24, 2.45) is 0 Å². The number of fused-ring (bicyclic) bond motifs is 1. The molecule has 0 bridgehead atoms. The van der Waals surface area contributed by atoms with Gasteiger partial charge in [0.25, 0.3) is 0 Å². The standard InChI is InChI=1S/C20H16N2/c1-3-9-15(10-4-1)19-17-13-7-8-14-18(17)21-20(22-19)16-11-5-2-6-12-16/h1-6,8-12,14H,7,13H2. The largest absolute Gasteiger partial charge is 0.228 e. The number of nitrogens with zero attached hydrogens (tertiary/aromatic N) is 2. The molecule has 0 fully saturated rings. The lowest BCUT2D eigenvalue weighted by Crippen LogP contribution is -2.05. The van der Waals surface area contributed by atoms with Crippen molar-refractivity contribution in [1.29, 1.82) is 0 Å². The van der Waals surface area contributed by atoms with Crippen LogP contribution in [0.1, 0.15) is 17.7 Å². The lowest BCUT2D eigenvalue weighted by Gasteiger charge is -2.16. The Hall–Kier alpha value is -2.74. The van der Waals surface area contributed by atoms with E-state index in [9.17, 15) is 0 Å². The molecule has 4 rings (SSSR count). The highest BCUT2D eigenvalue weighted by molar-refractivity contribution is 5.72. The molecule has 1 aromatic heterocycles. The van der Waals surface area contributed by atoms with Crippen LogP contribution >= 0.6 is 0 Å². The zero-order chi connectivity index (χ0) is 14.8. The van der Waals surface area contributed by atoms with Crippen LogP contribution in [0.4, 0.5) is 0 Å². The quantitative estimate of drug-likeness (QED) is 0.677. The van der Waals surface area contributed by atoms with Crippen LogP contribution in [0.15, 0.2) is 66.7 Å². The average molecular weight is 284 g/mol. The maximum absolute atomic E-state index is 4.88. The van der Waals surface area contributed by atoms with Crippen molar-refractivity contribution in [2.75, 3.05) is 0 Å². The van der Waals surface area contributed by atoms with Gasteiger partial charge in [-0.15, -0.1) is 0 Å². The Morgan fingerprint density at radius 1 is 0.727 bits per heavy atom. The molecule has 2 aromatic carbocycles. The van der Waals surface area contributed by atoms with Gasteiger partial charge in [0.2, 0.25) is 0 Å². The lowest BCUT2D eigenvalue weighted by atomic mass is 9.96. The van der Waals surface area contributed by atoms with E-state index < -0.39 is 0 Å². The zero-order valence-electron chi connectivity index (χ0n) is 12.2. The second kappa shape index (κ2) is 5.57. The fourth-order valence-electron chi connectivity index (χ4n) is 2.86. The first-order valence-corrected chi connectivity index (χ1v) is 7.60. The fraction of sp³-hybridized carbons (Fsp3) is 0.100. The highest BCUT2D eigenvalue weighted by Crippen LogP contribution is 2.30. The summed E-state index contributed by atoms with van der Waals surface area (Å²) in [5.41, 5.74) is 5.59. The molecule has 0 atom stereocenters. The molecule has 1 aliphatic rings. The third kappa shape index (κ3) is 2.33. The van der Waals surface area contributed by atoms with Gasteiger partial charge in [0.1, 0.15) is 0 Å². The minimum absolute atomic E-state index is 0.796. The number of aromatic nitrogens is 2. The van der Waals surface area contributed by atoms with Gasteiger partial charge in [-0.1, -0.05) is 66.7 Å². The highest BCUT2D eigenvalue weighted by atomic mass is 14.9. The topological polar surface area (TPSA) is 25.8 Å². The Bertz CT molecular complexity index is 821. The maximum atomic E-state index is 4.88. The molecule has 0 saturated carbocycles. The van der Waals surface area contributed by atoms with Gasteiger partial charge >= 0.3 is 0 Å². The summed E-state index contributed by atoms with van der Waals surface area (Å²) in [6.45, 7) is 0. The third-order valence-corrected chi connectivity index (χ3v) is 3.96. The van der Waals surface area contributed by atoms with E-state index in [0.29, 0.717) is 0 Å². The van der Waals surface area contributed by atoms with Crippen molar-refractivity contribution >= 4 is 6.08 Å². The first-order valence-electron chi connectivity index (χ1n) is 7.60. The SMILES string of the molecule is C1=Cc2nc(-c3ccccc3)nc(-c3ccccc3)c2CC1. The molecule has 0 radical (unpaired) electrons. The summed E-state index contributed by atoms with van der Waals surface area (Å²) in [5.74, 6) is 0.796. The van der Waals surface area contributed by atoms with Crippen molar-refractivity contribution < 1.29 is 0 Å². The van der Waals surface area contributed by atoms with E-state index in [1.54, 1.807) is 0 Å². The van der Waals surface area contributed by atoms with Crippen LogP contribution in [0.5, 0.6) is 0 Å². The molecule has 0 aliphatic heterocycles. The van der Waals surface area contributed by atoms with E-state index in [1.807, 2.05) is 24.3 Å². The number of allylic oxidation sites excluding steroid dienone is 1. The molecule has 1 aliphatic carbocycles. The number of rotatable bonds is 2. The van der Waals surface area contributed by atoms with Crippen molar-refractivity contribution in [1.82, 2.24) is 9.97 Å². The predicted octanol–water partition coefficient (Wildman–Crippen LogP) is 4.77. The van der Waals surface area contributed by atoms with Crippen molar-refractivity contribution in [2.45, 2.75) is 12.8 Å². The minimum Gasteiger partial charge on any atom is -0.228 e. The Morgan fingerprint density at radius 3 is 2.14 bits per heavy atom. The highest BCUT2D eigenvalue weighted by Gasteiger charge is 2.16. The molecule has 2 nitrogen and oxygen atoms in total. The first kappa shape index (κ1) is 13.0. The van der Waals surface area contributed by atoms with Gasteiger partial charge in [0, 0.05) is 16.7 Å². The lowest BCUT2D eigenvalue weighted by molar-refractivity contribution is 0.947. The molecule has 22 heavy (non-hydrogen) atoms. The van der Waals surface area contributed by atoms with Crippen LogP contribution in [0.2, 0.25) is 0 Å². The summed E-state index contributed by atoms with van der Waals surface area (Å²) >= 11 is 0. The van der Waals surface area contributed by atoms with Gasteiger partial charge < -0.3 is 0 Å². The molecule has 0 N–H and O–H groups in total. The maximum Gasteiger partial charge on any atom is 0.160 e. The van der Waals surface area contributed by atoms with E-state index >= 15 is 0 Å². The summed E-state index contributed by atoms with van der Waals surface area (Å²) in [7, 11) is 0. The number of hydrogen-bond donors (Lipinski definition) is 0. The predicted molar refractivity (Wildman–Crippen MR) is 90.3 cm³/mol. The third-order valence-electron chi connectivity index (χ3n) is 3.96. The molecule has 0 saturated heterocycles. The molecule has 0 spiro atoms. The van der Waals surface area contributed by atoms with Gasteiger partial charge in [0.05, 0.1) is 11.4 Å². The molecule has 0 amide bonds. The summed E-state index contributed by atoms with van der Waals surface area (Å²) in [6, 6.07) is 20.6. The Morgan fingerprint density at radius 2 is 1.41 bits per heavy atom. The molecule has 3 aromatic rings. The van der Waals surface area contributed by atoms with Crippen LogP contribution in [-0.4, -0.2) is 9.97 Å². The zero-order valence-corrected chi connectivity index (χ0v) is 12.2. The second-order valence-electron chi connectivity index (χ2n) is 5.43. The first-order chi connectivity index (χ1) is 10.9. The van der Waals surface area contributed by atoms with Crippen LogP contribution in [0, 0.1) is 0 Å². The molecule has 106 valence electrons. The summed E-state index contributed by atoms with van der Waals surface area (Å²) in [4.78, 5) is 9.65. The van der Waals surface area contributed by atoms with E-state index in [4.69, 9.17) is 9.97 Å². The molecule has 0 unspecified atom stereocenters. The van der Waals surface area contributed by atoms with Crippen molar-refractivity contribution in [3.8, 4) is 22.6 Å². The van der Waals surface area contributed by atoms with Crippen molar-refractivity contribution in [3.63, 3.8) is 0 Å². The Kier molecular flexibility index (Phi) is 3.28. The molecule has 1 heterocycles. The van der Waals surface area contributed by atoms with Gasteiger partial charge in [-0.25, -0.2) is 9.97 Å². The summed E-state index contributed by atoms with van der Waals surface area (Å²) < 4.78 is 0. The van der Waals surface area contributed by atoms with Gasteiger partial charge in [-0.05, 0) is 18.9 Å². The fourth-order valence-corrected chi connectivity index (χ4v) is 2.86. The normalized spacial score (nSPS) is 12.9. The smallest absolute Gasteiger partial charge is 0.160 e. The number of hydrogen-bond acceptors (Lipinski definition) is 2.